The van der Waals surface area contributed by atoms with Gasteiger partial charge in [-0.15, -0.1) is 0 Å². The van der Waals surface area contributed by atoms with E-state index in [9.17, 15) is 14.7 Å². The number of hydrogen-bond donors (Lipinski definition) is 2. The van der Waals surface area contributed by atoms with E-state index in [2.05, 4.69) is 9.98 Å². The Morgan fingerprint density at radius 1 is 1.11 bits per heavy atom. The van der Waals surface area contributed by atoms with Crippen molar-refractivity contribution >= 4 is 11.9 Å². The second-order valence-electron chi connectivity index (χ2n) is 6.29. The largest absolute Gasteiger partial charge is 0.493 e. The zero-order valence-corrected chi connectivity index (χ0v) is 15.5. The van der Waals surface area contributed by atoms with Crippen molar-refractivity contribution in [3.8, 4) is 11.6 Å². The third kappa shape index (κ3) is 3.46. The molecule has 6 heteroatoms. The molecule has 0 amide bonds. The Kier molecular flexibility index (Phi) is 5.07. The maximum Gasteiger partial charge on any atom is 0.335 e. The summed E-state index contributed by atoms with van der Waals surface area (Å²) in [5.41, 5.74) is 2.71. The maximum absolute atomic E-state index is 12.4. The van der Waals surface area contributed by atoms with E-state index < -0.39 is 17.1 Å². The molecule has 0 unspecified atom stereocenters. The quantitative estimate of drug-likeness (QED) is 0.698. The molecule has 3 rings (SSSR count). The Balaban J connectivity index is 2.18. The number of rotatable bonds is 4. The van der Waals surface area contributed by atoms with Crippen molar-refractivity contribution in [2.24, 2.45) is 4.99 Å². The number of nitrogens with one attached hydrogen (secondary N) is 1. The van der Waals surface area contributed by atoms with E-state index in [4.69, 9.17) is 0 Å². The van der Waals surface area contributed by atoms with E-state index in [0.717, 1.165) is 21.3 Å². The number of aromatic nitrogens is 2. The highest BCUT2D eigenvalue weighted by atomic mass is 16.3. The molecule has 0 fully saturated rings. The summed E-state index contributed by atoms with van der Waals surface area (Å²) in [4.78, 5) is 31.2. The fourth-order valence-corrected chi connectivity index (χ4v) is 2.92. The Morgan fingerprint density at radius 3 is 2.59 bits per heavy atom. The lowest BCUT2D eigenvalue weighted by Crippen LogP contribution is -2.31. The predicted molar refractivity (Wildman–Crippen MR) is 107 cm³/mol. The van der Waals surface area contributed by atoms with Crippen LogP contribution in [0.4, 0.5) is 5.69 Å². The number of aromatic amines is 1. The molecule has 3 aromatic rings. The van der Waals surface area contributed by atoms with Gasteiger partial charge in [-0.2, -0.15) is 0 Å². The summed E-state index contributed by atoms with van der Waals surface area (Å²) in [6.45, 7) is 5.86. The second kappa shape index (κ2) is 7.45. The van der Waals surface area contributed by atoms with Gasteiger partial charge in [0.15, 0.2) is 0 Å². The molecule has 0 aliphatic heterocycles. The lowest BCUT2D eigenvalue weighted by atomic mass is 10.1. The highest BCUT2D eigenvalue weighted by molar-refractivity contribution is 5.84. The number of benzene rings is 2. The number of aromatic hydroxyl groups is 1. The summed E-state index contributed by atoms with van der Waals surface area (Å²) in [6, 6.07) is 12.9. The first kappa shape index (κ1) is 18.4. The average Bonchev–Trinajstić information content (AvgIpc) is 2.65. The third-order valence-corrected chi connectivity index (χ3v) is 4.64. The van der Waals surface area contributed by atoms with Crippen LogP contribution in [0.5, 0.6) is 5.88 Å². The van der Waals surface area contributed by atoms with E-state index >= 15 is 0 Å². The van der Waals surface area contributed by atoms with Crippen LogP contribution in [0.15, 0.2) is 57.0 Å². The molecule has 0 saturated heterocycles. The van der Waals surface area contributed by atoms with Gasteiger partial charge in [0.25, 0.3) is 5.56 Å². The Bertz CT molecular complexity index is 1140. The van der Waals surface area contributed by atoms with Crippen molar-refractivity contribution in [1.82, 2.24) is 9.55 Å². The van der Waals surface area contributed by atoms with Crippen LogP contribution in [0.25, 0.3) is 5.69 Å². The Hall–Kier alpha value is -3.41. The van der Waals surface area contributed by atoms with Crippen LogP contribution in [-0.2, 0) is 6.42 Å². The summed E-state index contributed by atoms with van der Waals surface area (Å²) >= 11 is 0. The van der Waals surface area contributed by atoms with E-state index in [1.54, 1.807) is 12.1 Å². The molecule has 0 atom stereocenters. The van der Waals surface area contributed by atoms with Gasteiger partial charge in [-0.3, -0.25) is 14.8 Å². The molecule has 0 aliphatic carbocycles. The second-order valence-corrected chi connectivity index (χ2v) is 6.29. The fraction of sp³-hybridized carbons (Fsp3) is 0.190. The number of aryl methyl sites for hydroxylation is 2. The first-order valence-electron chi connectivity index (χ1n) is 8.71. The van der Waals surface area contributed by atoms with Gasteiger partial charge in [0, 0.05) is 6.21 Å². The first-order chi connectivity index (χ1) is 12.9. The number of nitrogens with zero attached hydrogens (tertiary/aromatic N) is 2. The zero-order chi connectivity index (χ0) is 19.6. The number of hydrogen-bond acceptors (Lipinski definition) is 4. The van der Waals surface area contributed by atoms with Crippen LogP contribution >= 0.6 is 0 Å². The van der Waals surface area contributed by atoms with Gasteiger partial charge in [0.1, 0.15) is 5.56 Å². The van der Waals surface area contributed by atoms with Crippen molar-refractivity contribution in [2.45, 2.75) is 27.2 Å². The highest BCUT2D eigenvalue weighted by Gasteiger charge is 2.16. The average molecular weight is 363 g/mol. The zero-order valence-electron chi connectivity index (χ0n) is 15.5. The SMILES string of the molecule is CCc1ccccc1-n1c(O)c(C=Nc2cccc(C)c2C)c(=O)[nH]c1=O. The molecule has 6 nitrogen and oxygen atoms in total. The van der Waals surface area contributed by atoms with Crippen molar-refractivity contribution in [3.63, 3.8) is 0 Å². The topological polar surface area (TPSA) is 87.4 Å². The van der Waals surface area contributed by atoms with Crippen LogP contribution in [0.2, 0.25) is 0 Å². The predicted octanol–water partition coefficient (Wildman–Crippen LogP) is 3.16. The van der Waals surface area contributed by atoms with E-state index in [1.165, 1.54) is 6.21 Å². The van der Waals surface area contributed by atoms with Gasteiger partial charge in [0.05, 0.1) is 11.4 Å². The minimum atomic E-state index is -0.692. The van der Waals surface area contributed by atoms with Crippen molar-refractivity contribution in [3.05, 3.63) is 85.6 Å². The molecule has 0 saturated carbocycles. The molecule has 1 heterocycles. The van der Waals surface area contributed by atoms with Crippen molar-refractivity contribution in [2.75, 3.05) is 0 Å². The lowest BCUT2D eigenvalue weighted by Gasteiger charge is -2.13. The molecule has 1 aromatic heterocycles. The summed E-state index contributed by atoms with van der Waals surface area (Å²) in [7, 11) is 0. The normalized spacial score (nSPS) is 11.2. The molecule has 27 heavy (non-hydrogen) atoms. The Labute approximate surface area is 156 Å². The summed E-state index contributed by atoms with van der Waals surface area (Å²) < 4.78 is 1.10. The summed E-state index contributed by atoms with van der Waals surface area (Å²) in [6.07, 6.45) is 1.97. The van der Waals surface area contributed by atoms with E-state index in [1.807, 2.05) is 51.1 Å². The molecule has 0 spiro atoms. The van der Waals surface area contributed by atoms with Crippen LogP contribution in [-0.4, -0.2) is 20.9 Å². The van der Waals surface area contributed by atoms with Gasteiger partial charge >= 0.3 is 5.69 Å². The smallest absolute Gasteiger partial charge is 0.335 e. The maximum atomic E-state index is 12.4. The molecule has 2 aromatic carbocycles. The van der Waals surface area contributed by atoms with E-state index in [0.29, 0.717) is 17.8 Å². The van der Waals surface area contributed by atoms with Crippen LogP contribution in [0.1, 0.15) is 29.2 Å². The molecule has 0 radical (unpaired) electrons. The number of H-pyrrole nitrogens is 1. The number of para-hydroxylation sites is 1. The monoisotopic (exact) mass is 363 g/mol. The molecule has 0 aliphatic rings. The van der Waals surface area contributed by atoms with Crippen molar-refractivity contribution in [1.29, 1.82) is 0 Å². The van der Waals surface area contributed by atoms with Gasteiger partial charge in [-0.05, 0) is 49.1 Å². The first-order valence-corrected chi connectivity index (χ1v) is 8.71. The molecule has 138 valence electrons. The van der Waals surface area contributed by atoms with Gasteiger partial charge < -0.3 is 5.11 Å². The third-order valence-electron chi connectivity index (χ3n) is 4.64. The van der Waals surface area contributed by atoms with Gasteiger partial charge in [-0.25, -0.2) is 9.36 Å². The standard InChI is InChI=1S/C21H21N3O3/c1-4-15-9-5-6-11-18(15)24-20(26)16(19(25)23-21(24)27)12-22-17-10-7-8-13(2)14(17)3/h5-12,26H,4H2,1-3H3,(H,23,25,27). The summed E-state index contributed by atoms with van der Waals surface area (Å²) in [5, 5.41) is 10.7. The summed E-state index contributed by atoms with van der Waals surface area (Å²) in [5.74, 6) is -0.432. The minimum Gasteiger partial charge on any atom is -0.493 e. The number of aliphatic imine (C=N–C) groups is 1. The molecule has 2 N–H and O–H groups in total. The highest BCUT2D eigenvalue weighted by Crippen LogP contribution is 2.23. The van der Waals surface area contributed by atoms with Crippen LogP contribution in [0.3, 0.4) is 0 Å². The van der Waals surface area contributed by atoms with Crippen molar-refractivity contribution < 1.29 is 5.11 Å². The van der Waals surface area contributed by atoms with Gasteiger partial charge in [-0.1, -0.05) is 37.3 Å². The molecular weight excluding hydrogens is 342 g/mol. The molecule has 0 bridgehead atoms. The minimum absolute atomic E-state index is 0.0681. The van der Waals surface area contributed by atoms with Crippen LogP contribution in [0, 0.1) is 13.8 Å². The van der Waals surface area contributed by atoms with E-state index in [-0.39, 0.29) is 5.56 Å². The lowest BCUT2D eigenvalue weighted by molar-refractivity contribution is 0.429. The van der Waals surface area contributed by atoms with Gasteiger partial charge in [0.2, 0.25) is 5.88 Å². The molecular formula is C21H21N3O3. The Morgan fingerprint density at radius 2 is 1.85 bits per heavy atom. The fourth-order valence-electron chi connectivity index (χ4n) is 2.92. The van der Waals surface area contributed by atoms with Crippen LogP contribution < -0.4 is 11.2 Å².